The molecule has 3 unspecified atom stereocenters. The van der Waals surface area contributed by atoms with Crippen molar-refractivity contribution in [1.29, 1.82) is 0 Å². The van der Waals surface area contributed by atoms with Gasteiger partial charge in [-0.05, 0) is 51.4 Å². The third-order valence-electron chi connectivity index (χ3n) is 3.57. The molecule has 0 aromatic heterocycles. The van der Waals surface area contributed by atoms with E-state index in [1.165, 1.54) is 19.3 Å². The summed E-state index contributed by atoms with van der Waals surface area (Å²) >= 11 is 0. The van der Waals surface area contributed by atoms with Crippen LogP contribution in [0.5, 0.6) is 0 Å². The molecule has 1 saturated carbocycles. The van der Waals surface area contributed by atoms with Gasteiger partial charge in [-0.25, -0.2) is 0 Å². The minimum Gasteiger partial charge on any atom is -0.393 e. The first kappa shape index (κ1) is 13.0. The SMILES string of the molecule is CCC1CCC(O)C(CCOC(C)C)C1. The van der Waals surface area contributed by atoms with Crippen molar-refractivity contribution >= 4 is 0 Å². The predicted octanol–water partition coefficient (Wildman–Crippen LogP) is 2.99. The fourth-order valence-corrected chi connectivity index (χ4v) is 2.48. The van der Waals surface area contributed by atoms with Gasteiger partial charge < -0.3 is 9.84 Å². The van der Waals surface area contributed by atoms with Crippen LogP contribution in [-0.4, -0.2) is 23.9 Å². The lowest BCUT2D eigenvalue weighted by Gasteiger charge is -2.33. The Morgan fingerprint density at radius 3 is 2.67 bits per heavy atom. The fraction of sp³-hybridized carbons (Fsp3) is 1.00. The van der Waals surface area contributed by atoms with Crippen molar-refractivity contribution in [2.24, 2.45) is 11.8 Å². The molecule has 0 spiro atoms. The molecule has 1 N–H and O–H groups in total. The standard InChI is InChI=1S/C13H26O2/c1-4-11-5-6-13(14)12(9-11)7-8-15-10(2)3/h10-14H,4-9H2,1-3H3. The molecule has 1 aliphatic rings. The molecule has 1 fully saturated rings. The van der Waals surface area contributed by atoms with Gasteiger partial charge in [-0.15, -0.1) is 0 Å². The van der Waals surface area contributed by atoms with Crippen LogP contribution < -0.4 is 0 Å². The van der Waals surface area contributed by atoms with Gasteiger partial charge in [0.05, 0.1) is 12.2 Å². The molecular weight excluding hydrogens is 188 g/mol. The average molecular weight is 214 g/mol. The molecule has 0 aliphatic heterocycles. The molecule has 15 heavy (non-hydrogen) atoms. The first-order chi connectivity index (χ1) is 7.13. The van der Waals surface area contributed by atoms with Crippen molar-refractivity contribution in [2.45, 2.75) is 65.1 Å². The third kappa shape index (κ3) is 4.52. The van der Waals surface area contributed by atoms with Gasteiger partial charge in [0, 0.05) is 6.61 Å². The summed E-state index contributed by atoms with van der Waals surface area (Å²) in [7, 11) is 0. The van der Waals surface area contributed by atoms with E-state index in [2.05, 4.69) is 20.8 Å². The smallest absolute Gasteiger partial charge is 0.0569 e. The highest BCUT2D eigenvalue weighted by Crippen LogP contribution is 2.33. The van der Waals surface area contributed by atoms with E-state index in [0.717, 1.165) is 25.4 Å². The summed E-state index contributed by atoms with van der Waals surface area (Å²) in [5.74, 6) is 1.31. The van der Waals surface area contributed by atoms with Gasteiger partial charge in [-0.1, -0.05) is 13.3 Å². The Hall–Kier alpha value is -0.0800. The highest BCUT2D eigenvalue weighted by molar-refractivity contribution is 4.79. The van der Waals surface area contributed by atoms with Gasteiger partial charge in [0.25, 0.3) is 0 Å². The van der Waals surface area contributed by atoms with Gasteiger partial charge in [0.1, 0.15) is 0 Å². The summed E-state index contributed by atoms with van der Waals surface area (Å²) in [6.07, 6.45) is 5.91. The topological polar surface area (TPSA) is 29.5 Å². The minimum atomic E-state index is -0.0800. The second-order valence-electron chi connectivity index (χ2n) is 5.12. The fourth-order valence-electron chi connectivity index (χ4n) is 2.48. The number of hydrogen-bond acceptors (Lipinski definition) is 2. The van der Waals surface area contributed by atoms with Crippen molar-refractivity contribution in [1.82, 2.24) is 0 Å². The van der Waals surface area contributed by atoms with Crippen LogP contribution in [0, 0.1) is 11.8 Å². The van der Waals surface area contributed by atoms with Crippen molar-refractivity contribution in [3.63, 3.8) is 0 Å². The Labute approximate surface area is 94.0 Å². The van der Waals surface area contributed by atoms with Crippen LogP contribution in [-0.2, 0) is 4.74 Å². The lowest BCUT2D eigenvalue weighted by Crippen LogP contribution is -2.30. The largest absolute Gasteiger partial charge is 0.393 e. The molecule has 0 heterocycles. The molecule has 1 aliphatic carbocycles. The maximum atomic E-state index is 9.89. The molecular formula is C13H26O2. The highest BCUT2D eigenvalue weighted by Gasteiger charge is 2.27. The Morgan fingerprint density at radius 2 is 2.07 bits per heavy atom. The molecule has 0 aromatic carbocycles. The van der Waals surface area contributed by atoms with E-state index >= 15 is 0 Å². The van der Waals surface area contributed by atoms with E-state index in [-0.39, 0.29) is 6.10 Å². The van der Waals surface area contributed by atoms with Crippen LogP contribution >= 0.6 is 0 Å². The number of aliphatic hydroxyl groups is 1. The van der Waals surface area contributed by atoms with Gasteiger partial charge in [-0.3, -0.25) is 0 Å². The van der Waals surface area contributed by atoms with Crippen LogP contribution in [0.4, 0.5) is 0 Å². The molecule has 3 atom stereocenters. The van der Waals surface area contributed by atoms with Crippen LogP contribution in [0.1, 0.15) is 52.9 Å². The summed E-state index contributed by atoms with van der Waals surface area (Å²) in [6, 6.07) is 0. The quantitative estimate of drug-likeness (QED) is 0.762. The second-order valence-corrected chi connectivity index (χ2v) is 5.12. The van der Waals surface area contributed by atoms with Crippen molar-refractivity contribution < 1.29 is 9.84 Å². The zero-order valence-corrected chi connectivity index (χ0v) is 10.4. The monoisotopic (exact) mass is 214 g/mol. The zero-order chi connectivity index (χ0) is 11.3. The number of ether oxygens (including phenoxy) is 1. The Balaban J connectivity index is 2.25. The second kappa shape index (κ2) is 6.49. The number of aliphatic hydroxyl groups excluding tert-OH is 1. The summed E-state index contributed by atoms with van der Waals surface area (Å²) in [4.78, 5) is 0. The Bertz CT molecular complexity index is 168. The van der Waals surface area contributed by atoms with E-state index < -0.39 is 0 Å². The molecule has 0 radical (unpaired) electrons. The Morgan fingerprint density at radius 1 is 1.33 bits per heavy atom. The summed E-state index contributed by atoms with van der Waals surface area (Å²) in [6.45, 7) is 7.18. The van der Waals surface area contributed by atoms with Gasteiger partial charge in [-0.2, -0.15) is 0 Å². The van der Waals surface area contributed by atoms with E-state index in [1.807, 2.05) is 0 Å². The molecule has 2 heteroatoms. The first-order valence-corrected chi connectivity index (χ1v) is 6.43. The van der Waals surface area contributed by atoms with E-state index in [4.69, 9.17) is 4.74 Å². The zero-order valence-electron chi connectivity index (χ0n) is 10.4. The average Bonchev–Trinajstić information content (AvgIpc) is 2.20. The lowest BCUT2D eigenvalue weighted by molar-refractivity contribution is 0.0105. The van der Waals surface area contributed by atoms with Crippen molar-refractivity contribution in [3.05, 3.63) is 0 Å². The van der Waals surface area contributed by atoms with Gasteiger partial charge >= 0.3 is 0 Å². The normalized spacial score (nSPS) is 32.2. The highest BCUT2D eigenvalue weighted by atomic mass is 16.5. The van der Waals surface area contributed by atoms with Crippen LogP contribution in [0.3, 0.4) is 0 Å². The van der Waals surface area contributed by atoms with Crippen LogP contribution in [0.25, 0.3) is 0 Å². The number of rotatable bonds is 5. The van der Waals surface area contributed by atoms with Crippen LogP contribution in [0.15, 0.2) is 0 Å². The molecule has 90 valence electrons. The summed E-state index contributed by atoms with van der Waals surface area (Å²) in [5, 5.41) is 9.89. The van der Waals surface area contributed by atoms with Gasteiger partial charge in [0.2, 0.25) is 0 Å². The third-order valence-corrected chi connectivity index (χ3v) is 3.57. The minimum absolute atomic E-state index is 0.0800. The van der Waals surface area contributed by atoms with E-state index in [1.54, 1.807) is 0 Å². The maximum Gasteiger partial charge on any atom is 0.0569 e. The van der Waals surface area contributed by atoms with Crippen LogP contribution in [0.2, 0.25) is 0 Å². The maximum absolute atomic E-state index is 9.89. The van der Waals surface area contributed by atoms with Gasteiger partial charge in [0.15, 0.2) is 0 Å². The molecule has 1 rings (SSSR count). The first-order valence-electron chi connectivity index (χ1n) is 6.43. The number of hydrogen-bond donors (Lipinski definition) is 1. The van der Waals surface area contributed by atoms with Crippen molar-refractivity contribution in [3.8, 4) is 0 Å². The Kier molecular flexibility index (Phi) is 5.62. The summed E-state index contributed by atoms with van der Waals surface area (Å²) in [5.41, 5.74) is 0. The van der Waals surface area contributed by atoms with E-state index in [0.29, 0.717) is 12.0 Å². The lowest BCUT2D eigenvalue weighted by atomic mass is 9.77. The van der Waals surface area contributed by atoms with Crippen molar-refractivity contribution in [2.75, 3.05) is 6.61 Å². The molecule has 2 nitrogen and oxygen atoms in total. The molecule has 0 saturated heterocycles. The molecule has 0 bridgehead atoms. The molecule has 0 aromatic rings. The predicted molar refractivity (Wildman–Crippen MR) is 62.8 cm³/mol. The summed E-state index contributed by atoms with van der Waals surface area (Å²) < 4.78 is 5.55. The van der Waals surface area contributed by atoms with E-state index in [9.17, 15) is 5.11 Å². The molecule has 0 amide bonds.